The molecule has 1 N–H and O–H groups in total. The Morgan fingerprint density at radius 2 is 1.92 bits per heavy atom. The van der Waals surface area contributed by atoms with Crippen LogP contribution in [0.25, 0.3) is 0 Å². The Bertz CT molecular complexity index is 709. The highest BCUT2D eigenvalue weighted by atomic mass is 16.1. The first-order valence-corrected chi connectivity index (χ1v) is 8.73. The first kappa shape index (κ1) is 17.3. The third-order valence-electron chi connectivity index (χ3n) is 4.44. The van der Waals surface area contributed by atoms with Crippen molar-refractivity contribution in [3.8, 4) is 0 Å². The molecule has 1 aliphatic rings. The normalized spacial score (nSPS) is 18.0. The van der Waals surface area contributed by atoms with E-state index in [0.717, 1.165) is 37.4 Å². The summed E-state index contributed by atoms with van der Waals surface area (Å²) in [6, 6.07) is 7.64. The van der Waals surface area contributed by atoms with E-state index in [1.165, 1.54) is 0 Å². The number of hydrogen-bond donors (Lipinski definition) is 1. The Morgan fingerprint density at radius 1 is 1.16 bits per heavy atom. The van der Waals surface area contributed by atoms with Gasteiger partial charge in [-0.05, 0) is 37.1 Å². The molecule has 25 heavy (non-hydrogen) atoms. The lowest BCUT2D eigenvalue weighted by Crippen LogP contribution is -2.48. The van der Waals surface area contributed by atoms with Crippen LogP contribution in [0, 0.1) is 0 Å². The Hall–Kier alpha value is -2.50. The van der Waals surface area contributed by atoms with Crippen LogP contribution in [0.4, 0.5) is 5.82 Å². The van der Waals surface area contributed by atoms with E-state index in [2.05, 4.69) is 46.2 Å². The zero-order chi connectivity index (χ0) is 17.9. The van der Waals surface area contributed by atoms with Crippen LogP contribution in [0.5, 0.6) is 0 Å². The van der Waals surface area contributed by atoms with E-state index in [4.69, 9.17) is 0 Å². The first-order valence-electron chi connectivity index (χ1n) is 8.73. The maximum absolute atomic E-state index is 12.3. The van der Waals surface area contributed by atoms with Gasteiger partial charge in [-0.1, -0.05) is 20.8 Å². The Kier molecular flexibility index (Phi) is 4.97. The summed E-state index contributed by atoms with van der Waals surface area (Å²) >= 11 is 0. The summed E-state index contributed by atoms with van der Waals surface area (Å²) < 4.78 is 0. The molecule has 2 aromatic rings. The van der Waals surface area contributed by atoms with Crippen molar-refractivity contribution in [2.75, 3.05) is 18.0 Å². The van der Waals surface area contributed by atoms with Gasteiger partial charge in [0.1, 0.15) is 0 Å². The SMILES string of the molecule is CC(C)(C)c1ccc(N2CCCC(NC(=O)c3ccncc3)C2)nn1. The van der Waals surface area contributed by atoms with Crippen molar-refractivity contribution >= 4 is 11.7 Å². The number of rotatable bonds is 3. The minimum absolute atomic E-state index is 0.00548. The van der Waals surface area contributed by atoms with E-state index in [0.29, 0.717) is 5.56 Å². The van der Waals surface area contributed by atoms with Gasteiger partial charge in [0, 0.05) is 42.5 Å². The summed E-state index contributed by atoms with van der Waals surface area (Å²) in [7, 11) is 0. The van der Waals surface area contributed by atoms with E-state index in [9.17, 15) is 4.79 Å². The number of carbonyl (C=O) groups excluding carboxylic acids is 1. The molecule has 3 rings (SSSR count). The van der Waals surface area contributed by atoms with Crippen molar-refractivity contribution in [1.82, 2.24) is 20.5 Å². The minimum Gasteiger partial charge on any atom is -0.353 e. The molecule has 0 aromatic carbocycles. The molecule has 6 heteroatoms. The van der Waals surface area contributed by atoms with Crippen LogP contribution in [0.2, 0.25) is 0 Å². The van der Waals surface area contributed by atoms with Crippen molar-refractivity contribution in [3.63, 3.8) is 0 Å². The van der Waals surface area contributed by atoms with Crippen molar-refractivity contribution in [2.45, 2.75) is 45.1 Å². The number of anilines is 1. The molecule has 1 aliphatic heterocycles. The van der Waals surface area contributed by atoms with Crippen LogP contribution in [0.3, 0.4) is 0 Å². The fraction of sp³-hybridized carbons (Fsp3) is 0.474. The summed E-state index contributed by atoms with van der Waals surface area (Å²) in [5.74, 6) is 0.819. The van der Waals surface area contributed by atoms with Gasteiger partial charge in [-0.15, -0.1) is 5.10 Å². The molecule has 0 radical (unpaired) electrons. The van der Waals surface area contributed by atoms with Crippen molar-refractivity contribution in [2.24, 2.45) is 0 Å². The monoisotopic (exact) mass is 339 g/mol. The summed E-state index contributed by atoms with van der Waals surface area (Å²) in [6.45, 7) is 8.07. The smallest absolute Gasteiger partial charge is 0.251 e. The van der Waals surface area contributed by atoms with Gasteiger partial charge in [-0.3, -0.25) is 9.78 Å². The quantitative estimate of drug-likeness (QED) is 0.930. The molecule has 2 aromatic heterocycles. The first-order chi connectivity index (χ1) is 11.9. The lowest BCUT2D eigenvalue weighted by Gasteiger charge is -2.33. The molecule has 0 spiro atoms. The molecule has 0 bridgehead atoms. The molecule has 1 unspecified atom stereocenters. The highest BCUT2D eigenvalue weighted by Gasteiger charge is 2.24. The highest BCUT2D eigenvalue weighted by Crippen LogP contribution is 2.22. The molecule has 132 valence electrons. The van der Waals surface area contributed by atoms with E-state index < -0.39 is 0 Å². The average molecular weight is 339 g/mol. The van der Waals surface area contributed by atoms with Gasteiger partial charge in [-0.25, -0.2) is 0 Å². The highest BCUT2D eigenvalue weighted by molar-refractivity contribution is 5.94. The number of pyridine rings is 1. The number of amides is 1. The molecular weight excluding hydrogens is 314 g/mol. The molecule has 1 fully saturated rings. The zero-order valence-corrected chi connectivity index (χ0v) is 15.1. The van der Waals surface area contributed by atoms with Crippen molar-refractivity contribution in [1.29, 1.82) is 0 Å². The van der Waals surface area contributed by atoms with Gasteiger partial charge in [0.05, 0.1) is 5.69 Å². The van der Waals surface area contributed by atoms with Crippen LogP contribution in [0.1, 0.15) is 49.7 Å². The van der Waals surface area contributed by atoms with Crippen molar-refractivity contribution in [3.05, 3.63) is 47.9 Å². The lowest BCUT2D eigenvalue weighted by atomic mass is 9.92. The van der Waals surface area contributed by atoms with E-state index in [-0.39, 0.29) is 17.4 Å². The maximum atomic E-state index is 12.3. The van der Waals surface area contributed by atoms with Crippen LogP contribution in [-0.4, -0.2) is 40.2 Å². The largest absolute Gasteiger partial charge is 0.353 e. The molecule has 0 saturated carbocycles. The zero-order valence-electron chi connectivity index (χ0n) is 15.1. The number of nitrogens with zero attached hydrogens (tertiary/aromatic N) is 4. The third-order valence-corrected chi connectivity index (χ3v) is 4.44. The fourth-order valence-electron chi connectivity index (χ4n) is 2.97. The Balaban J connectivity index is 1.64. The minimum atomic E-state index is -0.0524. The standard InChI is InChI=1S/C19H25N5O/c1-19(2,3)16-6-7-17(23-22-16)24-12-4-5-15(13-24)21-18(25)14-8-10-20-11-9-14/h6-11,15H,4-5,12-13H2,1-3H3,(H,21,25). The van der Waals surface area contributed by atoms with E-state index in [1.807, 2.05) is 12.1 Å². The van der Waals surface area contributed by atoms with Gasteiger partial charge < -0.3 is 10.2 Å². The van der Waals surface area contributed by atoms with Gasteiger partial charge in [0.25, 0.3) is 5.91 Å². The molecular formula is C19H25N5O. The van der Waals surface area contributed by atoms with Crippen LogP contribution in [-0.2, 0) is 5.41 Å². The van der Waals surface area contributed by atoms with E-state index >= 15 is 0 Å². The summed E-state index contributed by atoms with van der Waals surface area (Å²) in [6.07, 6.45) is 5.26. The number of carbonyl (C=O) groups is 1. The van der Waals surface area contributed by atoms with Gasteiger partial charge in [-0.2, -0.15) is 5.10 Å². The predicted molar refractivity (Wildman–Crippen MR) is 97.7 cm³/mol. The number of aromatic nitrogens is 3. The van der Waals surface area contributed by atoms with E-state index in [1.54, 1.807) is 24.5 Å². The summed E-state index contributed by atoms with van der Waals surface area (Å²) in [5.41, 5.74) is 1.62. The topological polar surface area (TPSA) is 71.0 Å². The summed E-state index contributed by atoms with van der Waals surface area (Å²) in [5, 5.41) is 11.9. The summed E-state index contributed by atoms with van der Waals surface area (Å²) in [4.78, 5) is 18.5. The van der Waals surface area contributed by atoms with Gasteiger partial charge in [0.2, 0.25) is 0 Å². The second kappa shape index (κ2) is 7.17. The predicted octanol–water partition coefficient (Wildman–Crippen LogP) is 2.57. The van der Waals surface area contributed by atoms with Gasteiger partial charge in [0.15, 0.2) is 5.82 Å². The maximum Gasteiger partial charge on any atom is 0.251 e. The van der Waals surface area contributed by atoms with Crippen LogP contribution in [0.15, 0.2) is 36.7 Å². The second-order valence-electron chi connectivity index (χ2n) is 7.52. The average Bonchev–Trinajstić information content (AvgIpc) is 2.62. The number of hydrogen-bond acceptors (Lipinski definition) is 5. The molecule has 1 amide bonds. The number of nitrogens with one attached hydrogen (secondary N) is 1. The molecule has 0 aliphatic carbocycles. The van der Waals surface area contributed by atoms with Crippen LogP contribution >= 0.6 is 0 Å². The fourth-order valence-corrected chi connectivity index (χ4v) is 2.97. The Morgan fingerprint density at radius 3 is 2.56 bits per heavy atom. The molecule has 3 heterocycles. The molecule has 6 nitrogen and oxygen atoms in total. The van der Waals surface area contributed by atoms with Crippen molar-refractivity contribution < 1.29 is 4.79 Å². The number of piperidine rings is 1. The lowest BCUT2D eigenvalue weighted by molar-refractivity contribution is 0.0933. The van der Waals surface area contributed by atoms with Gasteiger partial charge >= 0.3 is 0 Å². The van der Waals surface area contributed by atoms with Crippen LogP contribution < -0.4 is 10.2 Å². The second-order valence-corrected chi connectivity index (χ2v) is 7.52. The third kappa shape index (κ3) is 4.32. The molecule has 1 saturated heterocycles. The Labute approximate surface area is 148 Å². The molecule has 1 atom stereocenters.